The lowest BCUT2D eigenvalue weighted by molar-refractivity contribution is -0.139. The SMILES string of the molecule is CC(C)(C)OC(=O)Nc1cc(CC(=O)Nc2ccc(Cl)c(C(=O)NC(CNC(=O)N[C@@H]3CCc4ccccc43)C(=O)O)c2Cl)ccn1. The Balaban J connectivity index is 1.36. The Labute approximate surface area is 280 Å². The molecule has 1 aliphatic carbocycles. The first-order valence-electron chi connectivity index (χ1n) is 14.6. The molecule has 1 aromatic heterocycles. The van der Waals surface area contributed by atoms with E-state index in [1.54, 1.807) is 26.8 Å². The van der Waals surface area contributed by atoms with Crippen LogP contribution in [0.15, 0.2) is 54.7 Å². The standard InChI is InChI=1S/C32H34Cl2N6O7/c1-32(2,3)47-31(46)40-24-14-17(12-13-35-24)15-25(41)37-22-11-9-20(33)26(27(22)34)28(42)38-23(29(43)44)16-36-30(45)39-21-10-8-18-6-4-5-7-19(18)21/h4-7,9,11-14,21,23H,8,10,15-16H2,1-3H3,(H,37,41)(H,38,42)(H,43,44)(H,35,40,46)(H2,36,39,45)/t21-,23?/m1/s1. The molecule has 15 heteroatoms. The summed E-state index contributed by atoms with van der Waals surface area (Å²) in [6.07, 6.45) is 2.09. The quantitative estimate of drug-likeness (QED) is 0.170. The fourth-order valence-electron chi connectivity index (χ4n) is 4.84. The summed E-state index contributed by atoms with van der Waals surface area (Å²) in [5, 5.41) is 22.2. The van der Waals surface area contributed by atoms with Gasteiger partial charge in [0.2, 0.25) is 5.91 Å². The van der Waals surface area contributed by atoms with Gasteiger partial charge in [-0.05, 0) is 74.6 Å². The smallest absolute Gasteiger partial charge is 0.413 e. The molecule has 4 rings (SSSR count). The van der Waals surface area contributed by atoms with Gasteiger partial charge in [-0.2, -0.15) is 0 Å². The highest BCUT2D eigenvalue weighted by Gasteiger charge is 2.27. The molecule has 248 valence electrons. The number of nitrogens with one attached hydrogen (secondary N) is 5. The van der Waals surface area contributed by atoms with Crippen molar-refractivity contribution >= 4 is 64.6 Å². The molecule has 1 heterocycles. The molecule has 0 fully saturated rings. The topological polar surface area (TPSA) is 188 Å². The number of aromatic nitrogens is 1. The third-order valence-electron chi connectivity index (χ3n) is 6.92. The zero-order chi connectivity index (χ0) is 34.3. The van der Waals surface area contributed by atoms with Crippen molar-refractivity contribution < 1.29 is 33.8 Å². The van der Waals surface area contributed by atoms with E-state index in [0.717, 1.165) is 17.5 Å². The van der Waals surface area contributed by atoms with E-state index < -0.39 is 48.1 Å². The maximum absolute atomic E-state index is 13.2. The van der Waals surface area contributed by atoms with Crippen LogP contribution in [0, 0.1) is 0 Å². The zero-order valence-corrected chi connectivity index (χ0v) is 27.3. The number of hydrogen-bond acceptors (Lipinski definition) is 7. The molecule has 47 heavy (non-hydrogen) atoms. The van der Waals surface area contributed by atoms with Crippen LogP contribution in [0.4, 0.5) is 21.1 Å². The number of pyridine rings is 1. The highest BCUT2D eigenvalue weighted by molar-refractivity contribution is 6.41. The van der Waals surface area contributed by atoms with Crippen molar-refractivity contribution in [3.63, 3.8) is 0 Å². The first-order valence-corrected chi connectivity index (χ1v) is 15.3. The number of halogens is 2. The molecule has 1 unspecified atom stereocenters. The van der Waals surface area contributed by atoms with Crippen molar-refractivity contribution in [2.24, 2.45) is 0 Å². The van der Waals surface area contributed by atoms with Crippen molar-refractivity contribution in [2.45, 2.75) is 57.7 Å². The summed E-state index contributed by atoms with van der Waals surface area (Å²) in [4.78, 5) is 66.6. The number of nitrogens with zero attached hydrogens (tertiary/aromatic N) is 1. The summed E-state index contributed by atoms with van der Waals surface area (Å²) in [6, 6.07) is 11.2. The second-order valence-electron chi connectivity index (χ2n) is 11.7. The number of benzene rings is 2. The lowest BCUT2D eigenvalue weighted by Crippen LogP contribution is -2.50. The van der Waals surface area contributed by atoms with Crippen LogP contribution in [0.1, 0.15) is 60.3 Å². The number of carbonyl (C=O) groups excluding carboxylic acids is 4. The maximum Gasteiger partial charge on any atom is 0.413 e. The summed E-state index contributed by atoms with van der Waals surface area (Å²) in [6.45, 7) is 4.73. The van der Waals surface area contributed by atoms with Gasteiger partial charge in [0.25, 0.3) is 5.91 Å². The van der Waals surface area contributed by atoms with Gasteiger partial charge in [-0.15, -0.1) is 0 Å². The fourth-order valence-corrected chi connectivity index (χ4v) is 5.43. The molecule has 5 amide bonds. The van der Waals surface area contributed by atoms with Crippen LogP contribution < -0.4 is 26.6 Å². The second-order valence-corrected chi connectivity index (χ2v) is 12.5. The van der Waals surface area contributed by atoms with Crippen molar-refractivity contribution in [3.8, 4) is 0 Å². The van der Waals surface area contributed by atoms with Gasteiger partial charge in [0.15, 0.2) is 0 Å². The third-order valence-corrected chi connectivity index (χ3v) is 7.63. The molecule has 6 N–H and O–H groups in total. The van der Waals surface area contributed by atoms with Crippen molar-refractivity contribution in [3.05, 3.63) is 87.0 Å². The highest BCUT2D eigenvalue weighted by Crippen LogP contribution is 2.32. The van der Waals surface area contributed by atoms with Crippen LogP contribution in [-0.4, -0.2) is 58.2 Å². The highest BCUT2D eigenvalue weighted by atomic mass is 35.5. The monoisotopic (exact) mass is 684 g/mol. The minimum Gasteiger partial charge on any atom is -0.480 e. The number of ether oxygens (including phenoxy) is 1. The van der Waals surface area contributed by atoms with E-state index in [1.807, 2.05) is 24.3 Å². The Morgan fingerprint density at radius 1 is 1.04 bits per heavy atom. The van der Waals surface area contributed by atoms with Gasteiger partial charge in [-0.25, -0.2) is 19.4 Å². The lowest BCUT2D eigenvalue weighted by atomic mass is 10.1. The summed E-state index contributed by atoms with van der Waals surface area (Å²) in [5.41, 5.74) is 1.72. The number of hydrogen-bond donors (Lipinski definition) is 6. The number of rotatable bonds is 10. The Hall–Kier alpha value is -4.88. The van der Waals surface area contributed by atoms with Gasteiger partial charge in [-0.3, -0.25) is 14.9 Å². The molecule has 0 bridgehead atoms. The summed E-state index contributed by atoms with van der Waals surface area (Å²) < 4.78 is 5.21. The van der Waals surface area contributed by atoms with Crippen LogP contribution in [0.2, 0.25) is 10.0 Å². The predicted molar refractivity (Wildman–Crippen MR) is 176 cm³/mol. The first-order chi connectivity index (χ1) is 22.2. The van der Waals surface area contributed by atoms with Gasteiger partial charge in [0.05, 0.1) is 40.3 Å². The lowest BCUT2D eigenvalue weighted by Gasteiger charge is -2.19. The van der Waals surface area contributed by atoms with Crippen LogP contribution in [0.25, 0.3) is 0 Å². The average Bonchev–Trinajstić information content (AvgIpc) is 3.38. The second kappa shape index (κ2) is 15.1. The van der Waals surface area contributed by atoms with Gasteiger partial charge < -0.3 is 31.1 Å². The van der Waals surface area contributed by atoms with Crippen molar-refractivity contribution in [1.82, 2.24) is 20.9 Å². The van der Waals surface area contributed by atoms with Gasteiger partial charge in [-0.1, -0.05) is 47.5 Å². The van der Waals surface area contributed by atoms with Gasteiger partial charge >= 0.3 is 18.1 Å². The molecule has 0 radical (unpaired) electrons. The van der Waals surface area contributed by atoms with Crippen molar-refractivity contribution in [2.75, 3.05) is 17.2 Å². The van der Waals surface area contributed by atoms with E-state index in [0.29, 0.717) is 12.0 Å². The number of aliphatic carboxylic acids is 1. The third kappa shape index (κ3) is 9.80. The van der Waals surface area contributed by atoms with Crippen LogP contribution in [-0.2, 0) is 27.2 Å². The Morgan fingerprint density at radius 3 is 2.51 bits per heavy atom. The number of aryl methyl sites for hydroxylation is 1. The number of carboxylic acid groups (broad SMARTS) is 1. The molecule has 0 saturated heterocycles. The first kappa shape index (κ1) is 35.0. The number of fused-ring (bicyclic) bond motifs is 1. The predicted octanol–water partition coefficient (Wildman–Crippen LogP) is 5.09. The van der Waals surface area contributed by atoms with E-state index in [4.69, 9.17) is 27.9 Å². The van der Waals surface area contributed by atoms with E-state index in [2.05, 4.69) is 31.6 Å². The molecule has 0 saturated carbocycles. The number of amides is 5. The number of urea groups is 1. The summed E-state index contributed by atoms with van der Waals surface area (Å²) >= 11 is 12.7. The minimum absolute atomic E-state index is 0.0496. The van der Waals surface area contributed by atoms with Crippen LogP contribution >= 0.6 is 23.2 Å². The van der Waals surface area contributed by atoms with E-state index in [-0.39, 0.29) is 39.6 Å². The molecule has 0 aliphatic heterocycles. The number of anilines is 2. The van der Waals surface area contributed by atoms with Gasteiger partial charge in [0.1, 0.15) is 17.5 Å². The number of carboxylic acids is 1. The summed E-state index contributed by atoms with van der Waals surface area (Å²) in [7, 11) is 0. The fraction of sp³-hybridized carbons (Fsp3) is 0.312. The van der Waals surface area contributed by atoms with E-state index in [9.17, 15) is 29.1 Å². The van der Waals surface area contributed by atoms with E-state index >= 15 is 0 Å². The molecule has 1 aliphatic rings. The van der Waals surface area contributed by atoms with Gasteiger partial charge in [0, 0.05) is 6.20 Å². The Kier molecular flexibility index (Phi) is 11.3. The summed E-state index contributed by atoms with van der Waals surface area (Å²) in [5.74, 6) is -2.67. The maximum atomic E-state index is 13.2. The van der Waals surface area contributed by atoms with E-state index in [1.165, 1.54) is 24.4 Å². The number of carbonyl (C=O) groups is 5. The van der Waals surface area contributed by atoms with Crippen LogP contribution in [0.5, 0.6) is 0 Å². The normalized spacial score (nSPS) is 14.3. The molecule has 2 aromatic carbocycles. The molecule has 2 atom stereocenters. The minimum atomic E-state index is -1.52. The largest absolute Gasteiger partial charge is 0.480 e. The molecular weight excluding hydrogens is 651 g/mol. The molecular formula is C32H34Cl2N6O7. The zero-order valence-electron chi connectivity index (χ0n) is 25.8. The average molecular weight is 686 g/mol. The molecule has 13 nitrogen and oxygen atoms in total. The molecule has 0 spiro atoms. The Morgan fingerprint density at radius 2 is 1.79 bits per heavy atom. The van der Waals surface area contributed by atoms with Crippen LogP contribution in [0.3, 0.4) is 0 Å². The Bertz CT molecular complexity index is 1690. The molecule has 3 aromatic rings. The van der Waals surface area contributed by atoms with Crippen molar-refractivity contribution in [1.29, 1.82) is 0 Å².